The molecule has 1 aromatic rings. The fourth-order valence-electron chi connectivity index (χ4n) is 2.94. The van der Waals surface area contributed by atoms with Crippen molar-refractivity contribution in [1.29, 1.82) is 0 Å². The first-order valence-corrected chi connectivity index (χ1v) is 8.41. The summed E-state index contributed by atoms with van der Waals surface area (Å²) in [5, 5.41) is 3.90. The van der Waals surface area contributed by atoms with Crippen LogP contribution in [0, 0.1) is 5.92 Å². The SMILES string of the molecule is CCCc1noc(CCCC(=O)N2C[C@H](C(N)=O)CC[C@@H]2C)n1. The van der Waals surface area contributed by atoms with Gasteiger partial charge in [-0.1, -0.05) is 12.1 Å². The first-order chi connectivity index (χ1) is 11.0. The first kappa shape index (κ1) is 17.4. The zero-order valence-electron chi connectivity index (χ0n) is 14.0. The lowest BCUT2D eigenvalue weighted by molar-refractivity contribution is -0.137. The molecule has 0 aromatic carbocycles. The van der Waals surface area contributed by atoms with Crippen LogP contribution in [-0.4, -0.2) is 39.4 Å². The molecule has 2 heterocycles. The Balaban J connectivity index is 1.79. The van der Waals surface area contributed by atoms with Gasteiger partial charge in [0.15, 0.2) is 5.82 Å². The number of carbonyl (C=O) groups excluding carboxylic acids is 2. The third-order valence-electron chi connectivity index (χ3n) is 4.37. The topological polar surface area (TPSA) is 102 Å². The van der Waals surface area contributed by atoms with Gasteiger partial charge in [-0.25, -0.2) is 0 Å². The van der Waals surface area contributed by atoms with E-state index in [1.807, 2.05) is 6.92 Å². The van der Waals surface area contributed by atoms with E-state index < -0.39 is 0 Å². The van der Waals surface area contributed by atoms with Crippen LogP contribution in [0.5, 0.6) is 0 Å². The third kappa shape index (κ3) is 4.77. The van der Waals surface area contributed by atoms with Crippen molar-refractivity contribution in [3.63, 3.8) is 0 Å². The van der Waals surface area contributed by atoms with Gasteiger partial charge in [0.05, 0.1) is 5.92 Å². The van der Waals surface area contributed by atoms with E-state index in [-0.39, 0.29) is 23.8 Å². The maximum Gasteiger partial charge on any atom is 0.226 e. The van der Waals surface area contributed by atoms with Gasteiger partial charge in [0.2, 0.25) is 17.7 Å². The molecule has 2 N–H and O–H groups in total. The van der Waals surface area contributed by atoms with Crippen LogP contribution in [0.1, 0.15) is 57.7 Å². The number of hydrogen-bond donors (Lipinski definition) is 1. The molecule has 23 heavy (non-hydrogen) atoms. The Hall–Kier alpha value is -1.92. The highest BCUT2D eigenvalue weighted by Gasteiger charge is 2.31. The fraction of sp³-hybridized carbons (Fsp3) is 0.750. The van der Waals surface area contributed by atoms with Crippen LogP contribution in [0.15, 0.2) is 4.52 Å². The Morgan fingerprint density at radius 1 is 1.35 bits per heavy atom. The smallest absolute Gasteiger partial charge is 0.226 e. The average Bonchev–Trinajstić information content (AvgIpc) is 2.95. The maximum atomic E-state index is 12.4. The summed E-state index contributed by atoms with van der Waals surface area (Å²) in [6, 6.07) is 0.165. The largest absolute Gasteiger partial charge is 0.369 e. The summed E-state index contributed by atoms with van der Waals surface area (Å²) in [5.41, 5.74) is 5.37. The van der Waals surface area contributed by atoms with Gasteiger partial charge in [-0.15, -0.1) is 0 Å². The number of piperidine rings is 1. The number of aromatic nitrogens is 2. The second kappa shape index (κ2) is 8.08. The maximum absolute atomic E-state index is 12.4. The molecule has 1 saturated heterocycles. The quantitative estimate of drug-likeness (QED) is 0.818. The molecule has 1 aliphatic rings. The van der Waals surface area contributed by atoms with E-state index in [1.54, 1.807) is 4.90 Å². The van der Waals surface area contributed by atoms with Gasteiger partial charge >= 0.3 is 0 Å². The Bertz CT molecular complexity index is 543. The highest BCUT2D eigenvalue weighted by molar-refractivity contribution is 5.80. The number of aryl methyl sites for hydroxylation is 2. The lowest BCUT2D eigenvalue weighted by atomic mass is 9.92. The third-order valence-corrected chi connectivity index (χ3v) is 4.37. The number of hydrogen-bond acceptors (Lipinski definition) is 5. The number of primary amides is 1. The zero-order valence-corrected chi connectivity index (χ0v) is 14.0. The van der Waals surface area contributed by atoms with Crippen molar-refractivity contribution in [2.45, 2.75) is 64.8 Å². The molecule has 2 amide bonds. The van der Waals surface area contributed by atoms with Crippen LogP contribution >= 0.6 is 0 Å². The Morgan fingerprint density at radius 2 is 2.13 bits per heavy atom. The molecule has 0 unspecified atom stereocenters. The molecular formula is C16H26N4O3. The van der Waals surface area contributed by atoms with Gasteiger partial charge in [-0.3, -0.25) is 9.59 Å². The van der Waals surface area contributed by atoms with Crippen LogP contribution < -0.4 is 5.73 Å². The number of rotatable bonds is 7. The van der Waals surface area contributed by atoms with Crippen molar-refractivity contribution in [3.05, 3.63) is 11.7 Å². The molecule has 128 valence electrons. The lowest BCUT2D eigenvalue weighted by Gasteiger charge is -2.37. The van der Waals surface area contributed by atoms with E-state index in [2.05, 4.69) is 17.1 Å². The Labute approximate surface area is 136 Å². The van der Waals surface area contributed by atoms with Crippen LogP contribution in [0.4, 0.5) is 0 Å². The lowest BCUT2D eigenvalue weighted by Crippen LogP contribution is -2.48. The average molecular weight is 322 g/mol. The van der Waals surface area contributed by atoms with E-state index in [1.165, 1.54) is 0 Å². The fourth-order valence-corrected chi connectivity index (χ4v) is 2.94. The number of nitrogens with zero attached hydrogens (tertiary/aromatic N) is 3. The highest BCUT2D eigenvalue weighted by atomic mass is 16.5. The van der Waals surface area contributed by atoms with Crippen LogP contribution in [0.25, 0.3) is 0 Å². The van der Waals surface area contributed by atoms with Crippen LogP contribution in [0.3, 0.4) is 0 Å². The molecular weight excluding hydrogens is 296 g/mol. The second-order valence-corrected chi connectivity index (χ2v) is 6.28. The van der Waals surface area contributed by atoms with E-state index in [4.69, 9.17) is 10.3 Å². The Kier molecular flexibility index (Phi) is 6.12. The standard InChI is InChI=1S/C16H26N4O3/c1-3-5-13-18-14(23-19-13)6-4-7-15(21)20-10-12(16(17)22)9-8-11(20)2/h11-12H,3-10H2,1-2H3,(H2,17,22)/t11-,12+/m0/s1. The molecule has 0 aliphatic carbocycles. The van der Waals surface area contributed by atoms with Gasteiger partial charge in [-0.2, -0.15) is 4.98 Å². The minimum atomic E-state index is -0.316. The van der Waals surface area contributed by atoms with Gasteiger partial charge in [0.25, 0.3) is 0 Å². The number of amides is 2. The summed E-state index contributed by atoms with van der Waals surface area (Å²) in [7, 11) is 0. The monoisotopic (exact) mass is 322 g/mol. The van der Waals surface area contributed by atoms with Gasteiger partial charge < -0.3 is 15.2 Å². The molecule has 2 rings (SSSR count). The molecule has 1 fully saturated rings. The van der Waals surface area contributed by atoms with E-state index in [0.29, 0.717) is 31.7 Å². The summed E-state index contributed by atoms with van der Waals surface area (Å²) in [4.78, 5) is 29.8. The minimum Gasteiger partial charge on any atom is -0.369 e. The van der Waals surface area contributed by atoms with E-state index >= 15 is 0 Å². The molecule has 1 aliphatic heterocycles. The summed E-state index contributed by atoms with van der Waals surface area (Å²) in [6.07, 6.45) is 5.06. The van der Waals surface area contributed by atoms with Gasteiger partial charge in [0.1, 0.15) is 0 Å². The number of carbonyl (C=O) groups is 2. The highest BCUT2D eigenvalue weighted by Crippen LogP contribution is 2.22. The number of nitrogens with two attached hydrogens (primary N) is 1. The summed E-state index contributed by atoms with van der Waals surface area (Å²) >= 11 is 0. The van der Waals surface area contributed by atoms with Crippen molar-refractivity contribution >= 4 is 11.8 Å². The Morgan fingerprint density at radius 3 is 2.83 bits per heavy atom. The number of likely N-dealkylation sites (tertiary alicyclic amines) is 1. The summed E-state index contributed by atoms with van der Waals surface area (Å²) in [5.74, 6) is 0.842. The van der Waals surface area contributed by atoms with Crippen LogP contribution in [0.2, 0.25) is 0 Å². The molecule has 2 atom stereocenters. The van der Waals surface area contributed by atoms with E-state index in [9.17, 15) is 9.59 Å². The van der Waals surface area contributed by atoms with Crippen molar-refractivity contribution in [2.75, 3.05) is 6.54 Å². The summed E-state index contributed by atoms with van der Waals surface area (Å²) in [6.45, 7) is 4.52. The van der Waals surface area contributed by atoms with E-state index in [0.717, 1.165) is 31.5 Å². The van der Waals surface area contributed by atoms with Gasteiger partial charge in [0, 0.05) is 31.8 Å². The molecule has 0 bridgehead atoms. The zero-order chi connectivity index (χ0) is 16.8. The molecule has 7 nitrogen and oxygen atoms in total. The van der Waals surface area contributed by atoms with Crippen molar-refractivity contribution in [2.24, 2.45) is 11.7 Å². The van der Waals surface area contributed by atoms with Crippen molar-refractivity contribution in [1.82, 2.24) is 15.0 Å². The van der Waals surface area contributed by atoms with Gasteiger partial charge in [-0.05, 0) is 32.6 Å². The van der Waals surface area contributed by atoms with Crippen molar-refractivity contribution < 1.29 is 14.1 Å². The second-order valence-electron chi connectivity index (χ2n) is 6.28. The predicted molar refractivity (Wildman–Crippen MR) is 84.3 cm³/mol. The molecule has 7 heteroatoms. The van der Waals surface area contributed by atoms with Crippen molar-refractivity contribution in [3.8, 4) is 0 Å². The molecule has 1 aromatic heterocycles. The van der Waals surface area contributed by atoms with Crippen LogP contribution in [-0.2, 0) is 22.4 Å². The predicted octanol–water partition coefficient (Wildman–Crippen LogP) is 1.46. The first-order valence-electron chi connectivity index (χ1n) is 8.41. The molecule has 0 spiro atoms. The molecule has 0 saturated carbocycles. The minimum absolute atomic E-state index is 0.0664. The normalized spacial score (nSPS) is 21.4. The molecule has 0 radical (unpaired) electrons. The summed E-state index contributed by atoms with van der Waals surface area (Å²) < 4.78 is 5.17.